The van der Waals surface area contributed by atoms with Crippen LogP contribution in [0.25, 0.3) is 0 Å². The topological polar surface area (TPSA) is 0 Å². The lowest BCUT2D eigenvalue weighted by atomic mass is 10.2. The van der Waals surface area contributed by atoms with Crippen LogP contribution in [0.5, 0.6) is 0 Å². The van der Waals surface area contributed by atoms with Crippen LogP contribution in [0.2, 0.25) is 0 Å². The summed E-state index contributed by atoms with van der Waals surface area (Å²) in [6, 6.07) is 33.2. The molecule has 3 aromatic carbocycles. The van der Waals surface area contributed by atoms with E-state index in [2.05, 4.69) is 97.9 Å². The molecule has 24 heavy (non-hydrogen) atoms. The van der Waals surface area contributed by atoms with E-state index in [0.29, 0.717) is 0 Å². The van der Waals surface area contributed by atoms with Gasteiger partial charge in [0.2, 0.25) is 0 Å². The average Bonchev–Trinajstić information content (AvgIpc) is 2.65. The molecule has 3 aromatic rings. The van der Waals surface area contributed by atoms with Gasteiger partial charge in [0, 0.05) is 6.42 Å². The van der Waals surface area contributed by atoms with Crippen molar-refractivity contribution >= 4 is 17.9 Å². The third-order valence-corrected chi connectivity index (χ3v) is 9.31. The maximum absolute atomic E-state index is 2.36. The maximum Gasteiger partial charge on any atom is 0.0991 e. The van der Waals surface area contributed by atoms with Crippen LogP contribution in [-0.2, 0) is 6.42 Å². The Kier molecular flexibility index (Phi) is 7.21. The Hall–Kier alpha value is -1.43. The SMILES string of the molecule is CC[P+](CCc1ccccc1)(c1ccccc1)c1ccccc1.[Br-]. The highest BCUT2D eigenvalue weighted by Gasteiger charge is 2.40. The Balaban J connectivity index is 0.00000208. The van der Waals surface area contributed by atoms with E-state index < -0.39 is 7.26 Å². The molecule has 0 aromatic heterocycles. The van der Waals surface area contributed by atoms with Gasteiger partial charge in [-0.25, -0.2) is 0 Å². The van der Waals surface area contributed by atoms with Crippen molar-refractivity contribution in [1.82, 2.24) is 0 Å². The molecular formula is C22H24BrP. The predicted molar refractivity (Wildman–Crippen MR) is 105 cm³/mol. The first kappa shape index (κ1) is 18.9. The second-order valence-corrected chi connectivity index (χ2v) is 9.96. The summed E-state index contributed by atoms with van der Waals surface area (Å²) < 4.78 is 0. The van der Waals surface area contributed by atoms with Crippen LogP contribution >= 0.6 is 7.26 Å². The van der Waals surface area contributed by atoms with Gasteiger partial charge in [-0.3, -0.25) is 0 Å². The lowest BCUT2D eigenvalue weighted by Crippen LogP contribution is -3.00. The summed E-state index contributed by atoms with van der Waals surface area (Å²) in [4.78, 5) is 0. The fourth-order valence-electron chi connectivity index (χ4n) is 3.32. The van der Waals surface area contributed by atoms with Gasteiger partial charge in [0.15, 0.2) is 0 Å². The summed E-state index contributed by atoms with van der Waals surface area (Å²) >= 11 is 0. The van der Waals surface area contributed by atoms with Crippen molar-refractivity contribution in [3.63, 3.8) is 0 Å². The van der Waals surface area contributed by atoms with Crippen molar-refractivity contribution in [3.05, 3.63) is 96.6 Å². The molecule has 0 fully saturated rings. The summed E-state index contributed by atoms with van der Waals surface area (Å²) in [6.07, 6.45) is 3.60. The standard InChI is InChI=1S/C22H24P.BrH/c1-2-23(21-14-8-4-9-15-21,22-16-10-5-11-17-22)19-18-20-12-6-3-7-13-20;/h3-17H,2,18-19H2,1H3;1H/q+1;/p-1. The fraction of sp³-hybridized carbons (Fsp3) is 0.182. The molecule has 0 radical (unpaired) electrons. The third-order valence-electron chi connectivity index (χ3n) is 4.67. The van der Waals surface area contributed by atoms with Crippen LogP contribution < -0.4 is 27.6 Å². The minimum Gasteiger partial charge on any atom is -1.00 e. The zero-order valence-electron chi connectivity index (χ0n) is 14.1. The summed E-state index contributed by atoms with van der Waals surface area (Å²) in [7, 11) is -1.35. The Bertz CT molecular complexity index is 671. The van der Waals surface area contributed by atoms with Crippen LogP contribution in [0, 0.1) is 0 Å². The largest absolute Gasteiger partial charge is 1.00 e. The van der Waals surface area contributed by atoms with E-state index in [9.17, 15) is 0 Å². The Morgan fingerprint density at radius 3 is 1.46 bits per heavy atom. The molecule has 0 atom stereocenters. The van der Waals surface area contributed by atoms with E-state index in [1.807, 2.05) is 0 Å². The first-order chi connectivity index (χ1) is 11.3. The molecule has 0 heterocycles. The predicted octanol–water partition coefficient (Wildman–Crippen LogP) is 1.92. The monoisotopic (exact) mass is 398 g/mol. The van der Waals surface area contributed by atoms with Crippen LogP contribution in [0.1, 0.15) is 12.5 Å². The molecule has 3 rings (SSSR count). The van der Waals surface area contributed by atoms with Gasteiger partial charge in [-0.1, -0.05) is 66.7 Å². The second-order valence-electron chi connectivity index (χ2n) is 5.91. The summed E-state index contributed by atoms with van der Waals surface area (Å²) in [5, 5.41) is 3.06. The molecule has 0 aliphatic carbocycles. The van der Waals surface area contributed by atoms with Crippen LogP contribution in [0.4, 0.5) is 0 Å². The lowest BCUT2D eigenvalue weighted by Gasteiger charge is -2.26. The van der Waals surface area contributed by atoms with Crippen LogP contribution in [0.3, 0.4) is 0 Å². The summed E-state index contributed by atoms with van der Waals surface area (Å²) in [6.45, 7) is 2.36. The maximum atomic E-state index is 2.36. The highest BCUT2D eigenvalue weighted by molar-refractivity contribution is 7.89. The molecule has 0 saturated carbocycles. The van der Waals surface area contributed by atoms with Crippen molar-refractivity contribution in [3.8, 4) is 0 Å². The molecule has 2 heteroatoms. The number of hydrogen-bond acceptors (Lipinski definition) is 0. The smallest absolute Gasteiger partial charge is 0.0991 e. The van der Waals surface area contributed by atoms with Gasteiger partial charge in [0.1, 0.15) is 0 Å². The average molecular weight is 399 g/mol. The van der Waals surface area contributed by atoms with Crippen molar-refractivity contribution in [2.45, 2.75) is 13.3 Å². The fourth-order valence-corrected chi connectivity index (χ4v) is 7.31. The minimum atomic E-state index is -1.35. The summed E-state index contributed by atoms with van der Waals surface area (Å²) in [5.74, 6) is 0. The van der Waals surface area contributed by atoms with Gasteiger partial charge in [0.05, 0.1) is 30.2 Å². The zero-order valence-corrected chi connectivity index (χ0v) is 16.6. The molecule has 0 aliphatic rings. The molecule has 0 spiro atoms. The first-order valence-electron chi connectivity index (χ1n) is 8.37. The molecule has 0 unspecified atom stereocenters. The van der Waals surface area contributed by atoms with E-state index in [4.69, 9.17) is 0 Å². The van der Waals surface area contributed by atoms with Crippen molar-refractivity contribution in [2.75, 3.05) is 12.3 Å². The van der Waals surface area contributed by atoms with Gasteiger partial charge >= 0.3 is 0 Å². The van der Waals surface area contributed by atoms with E-state index in [1.165, 1.54) is 28.5 Å². The van der Waals surface area contributed by atoms with Gasteiger partial charge in [-0.2, -0.15) is 0 Å². The van der Waals surface area contributed by atoms with Gasteiger partial charge in [0.25, 0.3) is 0 Å². The third kappa shape index (κ3) is 4.15. The molecule has 0 amide bonds. The molecule has 0 N–H and O–H groups in total. The highest BCUT2D eigenvalue weighted by Crippen LogP contribution is 2.56. The van der Waals surface area contributed by atoms with Crippen LogP contribution in [-0.4, -0.2) is 12.3 Å². The quantitative estimate of drug-likeness (QED) is 0.556. The number of hydrogen-bond donors (Lipinski definition) is 0. The second kappa shape index (κ2) is 9.16. The molecule has 0 bridgehead atoms. The number of halogens is 1. The number of benzene rings is 3. The first-order valence-corrected chi connectivity index (χ1v) is 10.5. The van der Waals surface area contributed by atoms with Crippen LogP contribution in [0.15, 0.2) is 91.0 Å². The van der Waals surface area contributed by atoms with Crippen molar-refractivity contribution in [1.29, 1.82) is 0 Å². The highest BCUT2D eigenvalue weighted by atomic mass is 79.9. The molecule has 0 nitrogen and oxygen atoms in total. The van der Waals surface area contributed by atoms with Gasteiger partial charge in [-0.05, 0) is 36.8 Å². The summed E-state index contributed by atoms with van der Waals surface area (Å²) in [5.41, 5.74) is 1.44. The van der Waals surface area contributed by atoms with E-state index in [0.717, 1.165) is 6.42 Å². The normalized spacial score (nSPS) is 10.9. The van der Waals surface area contributed by atoms with Crippen molar-refractivity contribution in [2.24, 2.45) is 0 Å². The Morgan fingerprint density at radius 2 is 1.04 bits per heavy atom. The van der Waals surface area contributed by atoms with Crippen molar-refractivity contribution < 1.29 is 17.0 Å². The lowest BCUT2D eigenvalue weighted by molar-refractivity contribution is -0.00000457. The van der Waals surface area contributed by atoms with Gasteiger partial charge < -0.3 is 17.0 Å². The minimum absolute atomic E-state index is 0. The number of aryl methyl sites for hydroxylation is 1. The Labute approximate surface area is 157 Å². The molecule has 0 saturated heterocycles. The van der Waals surface area contributed by atoms with Gasteiger partial charge in [-0.15, -0.1) is 0 Å². The Morgan fingerprint density at radius 1 is 0.625 bits per heavy atom. The molecule has 124 valence electrons. The van der Waals surface area contributed by atoms with E-state index >= 15 is 0 Å². The molecular weight excluding hydrogens is 375 g/mol. The van der Waals surface area contributed by atoms with E-state index in [-0.39, 0.29) is 17.0 Å². The van der Waals surface area contributed by atoms with E-state index in [1.54, 1.807) is 0 Å². The number of rotatable bonds is 6. The zero-order chi connectivity index (χ0) is 16.0. The molecule has 0 aliphatic heterocycles.